The molecule has 0 spiro atoms. The average Bonchev–Trinajstić information content (AvgIpc) is 2.54. The standard InChI is InChI=1S/C17H19N3O3Si/c1-23-17(22)15-14(18)13(10-11-24(2,3)4)16(21)20(19-15)12-8-6-5-7-9-12/h5-9H,18H2,1-4H3. The summed E-state index contributed by atoms with van der Waals surface area (Å²) in [6, 6.07) is 8.78. The third-order valence-corrected chi connectivity index (χ3v) is 3.95. The van der Waals surface area contributed by atoms with Crippen molar-refractivity contribution >= 4 is 19.7 Å². The van der Waals surface area contributed by atoms with Crippen molar-refractivity contribution in [3.63, 3.8) is 0 Å². The molecule has 1 aromatic carbocycles. The Bertz CT molecular complexity index is 888. The molecule has 2 rings (SSSR count). The van der Waals surface area contributed by atoms with Gasteiger partial charge in [0.15, 0.2) is 5.69 Å². The number of carbonyl (C=O) groups excluding carboxylic acids is 1. The summed E-state index contributed by atoms with van der Waals surface area (Å²) in [4.78, 5) is 24.7. The van der Waals surface area contributed by atoms with Crippen LogP contribution < -0.4 is 11.3 Å². The molecule has 0 bridgehead atoms. The zero-order chi connectivity index (χ0) is 17.9. The molecule has 0 radical (unpaired) electrons. The molecule has 0 aliphatic rings. The SMILES string of the molecule is COC(=O)c1nn(-c2ccccc2)c(=O)c(C#C[Si](C)(C)C)c1N. The molecule has 0 saturated carbocycles. The maximum Gasteiger partial charge on any atom is 0.360 e. The molecule has 24 heavy (non-hydrogen) atoms. The number of nitrogens with two attached hydrogens (primary N) is 1. The summed E-state index contributed by atoms with van der Waals surface area (Å²) in [5.74, 6) is 2.14. The van der Waals surface area contributed by atoms with Crippen LogP contribution in [0, 0.1) is 11.5 Å². The summed E-state index contributed by atoms with van der Waals surface area (Å²) < 4.78 is 5.83. The molecule has 0 aliphatic carbocycles. The van der Waals surface area contributed by atoms with Gasteiger partial charge in [0, 0.05) is 0 Å². The Morgan fingerprint density at radius 2 is 1.88 bits per heavy atom. The number of methoxy groups -OCH3 is 1. The molecule has 2 N–H and O–H groups in total. The van der Waals surface area contributed by atoms with Gasteiger partial charge in [-0.25, -0.2) is 4.79 Å². The first-order valence-corrected chi connectivity index (χ1v) is 10.8. The van der Waals surface area contributed by atoms with Crippen molar-refractivity contribution in [3.8, 4) is 17.2 Å². The molecule has 124 valence electrons. The molecular formula is C17H19N3O3Si. The first kappa shape index (κ1) is 17.5. The lowest BCUT2D eigenvalue weighted by Gasteiger charge is -2.11. The Balaban J connectivity index is 2.80. The van der Waals surface area contributed by atoms with Gasteiger partial charge in [0.25, 0.3) is 5.56 Å². The van der Waals surface area contributed by atoms with E-state index in [4.69, 9.17) is 10.5 Å². The highest BCUT2D eigenvalue weighted by Crippen LogP contribution is 2.14. The second kappa shape index (κ2) is 6.72. The van der Waals surface area contributed by atoms with Gasteiger partial charge < -0.3 is 10.5 Å². The van der Waals surface area contributed by atoms with E-state index < -0.39 is 19.6 Å². The minimum absolute atomic E-state index is 0.0511. The predicted octanol–water partition coefficient (Wildman–Crippen LogP) is 1.83. The number of ether oxygens (including phenoxy) is 1. The number of hydrogen-bond donors (Lipinski definition) is 1. The number of esters is 1. The van der Waals surface area contributed by atoms with Crippen LogP contribution in [-0.4, -0.2) is 30.9 Å². The average molecular weight is 341 g/mol. The summed E-state index contributed by atoms with van der Waals surface area (Å²) >= 11 is 0. The number of aromatic nitrogens is 2. The van der Waals surface area contributed by atoms with Crippen molar-refractivity contribution in [2.24, 2.45) is 0 Å². The minimum atomic E-state index is -1.74. The van der Waals surface area contributed by atoms with Crippen LogP contribution in [0.5, 0.6) is 0 Å². The normalized spacial score (nSPS) is 10.7. The zero-order valence-corrected chi connectivity index (χ0v) is 15.1. The van der Waals surface area contributed by atoms with Gasteiger partial charge in [0.1, 0.15) is 13.6 Å². The number of nitrogens with zero attached hydrogens (tertiary/aromatic N) is 2. The van der Waals surface area contributed by atoms with Crippen molar-refractivity contribution in [1.29, 1.82) is 0 Å². The van der Waals surface area contributed by atoms with Crippen molar-refractivity contribution in [2.45, 2.75) is 19.6 Å². The van der Waals surface area contributed by atoms with Crippen LogP contribution in [0.4, 0.5) is 5.69 Å². The Morgan fingerprint density at radius 3 is 2.42 bits per heavy atom. The van der Waals surface area contributed by atoms with Crippen molar-refractivity contribution in [3.05, 3.63) is 51.9 Å². The van der Waals surface area contributed by atoms with Gasteiger partial charge in [-0.3, -0.25) is 4.79 Å². The van der Waals surface area contributed by atoms with E-state index in [0.29, 0.717) is 5.69 Å². The number of benzene rings is 1. The first-order valence-electron chi connectivity index (χ1n) is 7.34. The van der Waals surface area contributed by atoms with Crippen LogP contribution in [0.15, 0.2) is 35.1 Å². The molecule has 0 amide bonds. The Hall–Kier alpha value is -2.85. The fourth-order valence-electron chi connectivity index (χ4n) is 1.90. The molecule has 0 fully saturated rings. The fraction of sp³-hybridized carbons (Fsp3) is 0.235. The number of rotatable bonds is 2. The van der Waals surface area contributed by atoms with E-state index >= 15 is 0 Å². The summed E-state index contributed by atoms with van der Waals surface area (Å²) in [7, 11) is -0.506. The van der Waals surface area contributed by atoms with Crippen molar-refractivity contribution in [2.75, 3.05) is 12.8 Å². The highest BCUT2D eigenvalue weighted by atomic mass is 28.3. The van der Waals surface area contributed by atoms with Gasteiger partial charge in [-0.1, -0.05) is 43.8 Å². The molecule has 0 unspecified atom stereocenters. The highest BCUT2D eigenvalue weighted by Gasteiger charge is 2.21. The van der Waals surface area contributed by atoms with Gasteiger partial charge in [0.2, 0.25) is 0 Å². The molecule has 1 aromatic heterocycles. The van der Waals surface area contributed by atoms with E-state index in [2.05, 4.69) is 16.6 Å². The Morgan fingerprint density at radius 1 is 1.25 bits per heavy atom. The minimum Gasteiger partial charge on any atom is -0.464 e. The molecule has 7 heteroatoms. The summed E-state index contributed by atoms with van der Waals surface area (Å²) in [5.41, 5.74) is 9.02. The second-order valence-electron chi connectivity index (χ2n) is 6.18. The van der Waals surface area contributed by atoms with E-state index in [1.54, 1.807) is 24.3 Å². The highest BCUT2D eigenvalue weighted by molar-refractivity contribution is 6.83. The van der Waals surface area contributed by atoms with E-state index in [0.717, 1.165) is 4.68 Å². The lowest BCUT2D eigenvalue weighted by atomic mass is 10.2. The van der Waals surface area contributed by atoms with Crippen molar-refractivity contribution < 1.29 is 9.53 Å². The van der Waals surface area contributed by atoms with E-state index in [9.17, 15) is 9.59 Å². The summed E-state index contributed by atoms with van der Waals surface area (Å²) in [6.45, 7) is 6.15. The molecule has 6 nitrogen and oxygen atoms in total. The van der Waals surface area contributed by atoms with E-state index in [-0.39, 0.29) is 16.9 Å². The van der Waals surface area contributed by atoms with Crippen LogP contribution >= 0.6 is 0 Å². The quantitative estimate of drug-likeness (QED) is 0.511. The predicted molar refractivity (Wildman–Crippen MR) is 95.8 cm³/mol. The lowest BCUT2D eigenvalue weighted by Crippen LogP contribution is -2.29. The number of hydrogen-bond acceptors (Lipinski definition) is 5. The van der Waals surface area contributed by atoms with Gasteiger partial charge in [0.05, 0.1) is 18.5 Å². The Labute approximate surface area is 141 Å². The monoisotopic (exact) mass is 341 g/mol. The third kappa shape index (κ3) is 3.72. The smallest absolute Gasteiger partial charge is 0.360 e. The van der Waals surface area contributed by atoms with Crippen LogP contribution in [-0.2, 0) is 4.74 Å². The van der Waals surface area contributed by atoms with Gasteiger partial charge >= 0.3 is 5.97 Å². The van der Waals surface area contributed by atoms with Gasteiger partial charge in [-0.05, 0) is 12.1 Å². The van der Waals surface area contributed by atoms with Crippen LogP contribution in [0.1, 0.15) is 16.1 Å². The second-order valence-corrected chi connectivity index (χ2v) is 10.9. The largest absolute Gasteiger partial charge is 0.464 e. The summed E-state index contributed by atoms with van der Waals surface area (Å²) in [6.07, 6.45) is 0. The van der Waals surface area contributed by atoms with Crippen LogP contribution in [0.25, 0.3) is 5.69 Å². The van der Waals surface area contributed by atoms with Crippen molar-refractivity contribution in [1.82, 2.24) is 9.78 Å². The fourth-order valence-corrected chi connectivity index (χ4v) is 2.40. The van der Waals surface area contributed by atoms with E-state index in [1.807, 2.05) is 25.7 Å². The molecule has 0 aliphatic heterocycles. The van der Waals surface area contributed by atoms with Gasteiger partial charge in [-0.2, -0.15) is 9.78 Å². The first-order chi connectivity index (χ1) is 11.2. The number of carbonyl (C=O) groups is 1. The maximum atomic E-state index is 12.8. The zero-order valence-electron chi connectivity index (χ0n) is 14.1. The molecule has 2 aromatic rings. The topological polar surface area (TPSA) is 87.2 Å². The molecular weight excluding hydrogens is 322 g/mol. The number of anilines is 1. The number of para-hydroxylation sites is 1. The molecule has 1 heterocycles. The van der Waals surface area contributed by atoms with Crippen LogP contribution in [0.3, 0.4) is 0 Å². The van der Waals surface area contributed by atoms with Gasteiger partial charge in [-0.15, -0.1) is 5.54 Å². The Kier molecular flexibility index (Phi) is 4.90. The number of nitrogen functional groups attached to an aromatic ring is 1. The molecule has 0 saturated heterocycles. The van der Waals surface area contributed by atoms with Crippen LogP contribution in [0.2, 0.25) is 19.6 Å². The maximum absolute atomic E-state index is 12.8. The summed E-state index contributed by atoms with van der Waals surface area (Å²) in [5, 5.41) is 4.07. The lowest BCUT2D eigenvalue weighted by molar-refractivity contribution is 0.0593. The van der Waals surface area contributed by atoms with E-state index in [1.165, 1.54) is 7.11 Å². The molecule has 0 atom stereocenters. The third-order valence-electron chi connectivity index (χ3n) is 3.07.